The van der Waals surface area contributed by atoms with E-state index in [1.807, 2.05) is 35.0 Å². The van der Waals surface area contributed by atoms with Crippen molar-refractivity contribution >= 4 is 108 Å². The van der Waals surface area contributed by atoms with Crippen LogP contribution in [0.3, 0.4) is 0 Å². The Balaban J connectivity index is 0.000000143. The molecule has 29 heteroatoms. The van der Waals surface area contributed by atoms with Crippen molar-refractivity contribution in [2.24, 2.45) is 35.5 Å². The molecule has 0 radical (unpaired) electrons. The van der Waals surface area contributed by atoms with Gasteiger partial charge in [0.1, 0.15) is 11.4 Å². The van der Waals surface area contributed by atoms with Gasteiger partial charge in [0.05, 0.1) is 39.4 Å². The van der Waals surface area contributed by atoms with Crippen molar-refractivity contribution in [3.05, 3.63) is 172 Å². The quantitative estimate of drug-likeness (QED) is 0.0466. The smallest absolute Gasteiger partial charge is 0.286 e. The van der Waals surface area contributed by atoms with E-state index in [0.717, 1.165) is 49.5 Å². The summed E-state index contributed by atoms with van der Waals surface area (Å²) in [6.45, 7) is 2.89. The fraction of sp³-hybridized carbons (Fsp3) is 0.316. The zero-order chi connectivity index (χ0) is 60.3. The lowest BCUT2D eigenvalue weighted by Gasteiger charge is -2.31. The summed E-state index contributed by atoms with van der Waals surface area (Å²) in [5, 5.41) is 21.6. The summed E-state index contributed by atoms with van der Waals surface area (Å²) in [7, 11) is 0. The molecule has 6 amide bonds. The largest absolute Gasteiger partial charge is 0.459 e. The maximum absolute atomic E-state index is 12.4. The van der Waals surface area contributed by atoms with Crippen LogP contribution in [0, 0.1) is 35.5 Å². The zero-order valence-electron chi connectivity index (χ0n) is 46.1. The Morgan fingerprint density at radius 1 is 0.465 bits per heavy atom. The van der Waals surface area contributed by atoms with Crippen molar-refractivity contribution in [2.75, 3.05) is 56.5 Å². The highest BCUT2D eigenvalue weighted by Crippen LogP contribution is 2.32. The maximum Gasteiger partial charge on any atom is 0.286 e. The van der Waals surface area contributed by atoms with Crippen LogP contribution in [-0.4, -0.2) is 115 Å². The van der Waals surface area contributed by atoms with Crippen molar-refractivity contribution in [3.63, 3.8) is 0 Å². The van der Waals surface area contributed by atoms with Crippen LogP contribution in [0.1, 0.15) is 95.6 Å². The van der Waals surface area contributed by atoms with E-state index in [0.29, 0.717) is 110 Å². The number of halogens is 2. The number of nitrogens with zero attached hydrogens (tertiary/aromatic N) is 3. The van der Waals surface area contributed by atoms with Crippen molar-refractivity contribution in [1.29, 1.82) is 0 Å². The molecule has 0 aromatic carbocycles. The summed E-state index contributed by atoms with van der Waals surface area (Å²) in [4.78, 5) is 104. The molecule has 0 bridgehead atoms. The molecule has 6 unspecified atom stereocenters. The van der Waals surface area contributed by atoms with Crippen molar-refractivity contribution < 1.29 is 37.6 Å². The lowest BCUT2D eigenvalue weighted by molar-refractivity contribution is 0.0888. The van der Waals surface area contributed by atoms with E-state index in [9.17, 15) is 28.8 Å². The number of hydrogen-bond acceptors (Lipinski definition) is 16. The minimum Gasteiger partial charge on any atom is -0.459 e. The number of carbonyl (C=O) groups is 6. The van der Waals surface area contributed by atoms with Gasteiger partial charge in [-0.15, -0.1) is 22.7 Å². The van der Waals surface area contributed by atoms with Crippen LogP contribution in [0.2, 0.25) is 0 Å². The number of nitrogens with two attached hydrogens (primary N) is 3. The van der Waals surface area contributed by atoms with Crippen LogP contribution >= 0.6 is 54.5 Å². The van der Waals surface area contributed by atoms with Gasteiger partial charge in [-0.1, -0.05) is 12.1 Å². The summed E-state index contributed by atoms with van der Waals surface area (Å²) < 4.78 is 11.9. The summed E-state index contributed by atoms with van der Waals surface area (Å²) in [5.41, 5.74) is 24.2. The topological polar surface area (TPSA) is 397 Å². The molecule has 3 aliphatic rings. The molecule has 6 atom stereocenters. The van der Waals surface area contributed by atoms with Crippen LogP contribution in [0.4, 0.5) is 17.8 Å². The molecular formula is C57H63Br2N17O8S2. The molecule has 450 valence electrons. The number of thiophene rings is 2. The molecule has 9 aromatic rings. The lowest BCUT2D eigenvalue weighted by atomic mass is 9.79. The molecule has 0 saturated heterocycles. The molecule has 0 fully saturated rings. The van der Waals surface area contributed by atoms with Gasteiger partial charge in [0.2, 0.25) is 0 Å². The van der Waals surface area contributed by atoms with Gasteiger partial charge in [-0.2, -0.15) is 0 Å². The van der Waals surface area contributed by atoms with E-state index >= 15 is 0 Å². The summed E-state index contributed by atoms with van der Waals surface area (Å²) in [6.07, 6.45) is 10.5. The number of anilines is 3. The van der Waals surface area contributed by atoms with Gasteiger partial charge in [0.15, 0.2) is 29.4 Å². The molecule has 17 N–H and O–H groups in total. The summed E-state index contributed by atoms with van der Waals surface area (Å²) in [5.74, 6) is 1.47. The third-order valence-electron chi connectivity index (χ3n) is 15.3. The predicted molar refractivity (Wildman–Crippen MR) is 329 cm³/mol. The van der Waals surface area contributed by atoms with E-state index in [-0.39, 0.29) is 82.5 Å². The van der Waals surface area contributed by atoms with Gasteiger partial charge >= 0.3 is 0 Å². The average molecular weight is 1340 g/mol. The molecular weight excluding hydrogens is 1270 g/mol. The van der Waals surface area contributed by atoms with Gasteiger partial charge in [-0.3, -0.25) is 28.8 Å². The average Bonchev–Trinajstić information content (AvgIpc) is 3.14. The molecule has 9 aromatic heterocycles. The first-order valence-corrected chi connectivity index (χ1v) is 30.9. The van der Waals surface area contributed by atoms with Crippen molar-refractivity contribution in [1.82, 2.24) is 71.8 Å². The lowest BCUT2D eigenvalue weighted by Crippen LogP contribution is -2.42. The second-order valence-corrected chi connectivity index (χ2v) is 24.8. The van der Waals surface area contributed by atoms with Gasteiger partial charge in [-0.25, -0.2) is 15.0 Å². The molecule has 0 aliphatic heterocycles. The number of hydrogen-bond donors (Lipinski definition) is 14. The Labute approximate surface area is 516 Å². The van der Waals surface area contributed by atoms with Gasteiger partial charge in [0.25, 0.3) is 35.4 Å². The Hall–Kier alpha value is -8.67. The van der Waals surface area contributed by atoms with Crippen LogP contribution in [0.25, 0.3) is 0 Å². The second-order valence-electron chi connectivity index (χ2n) is 21.1. The van der Waals surface area contributed by atoms with E-state index < -0.39 is 0 Å². The molecule has 86 heavy (non-hydrogen) atoms. The van der Waals surface area contributed by atoms with Crippen LogP contribution < -0.4 is 49.1 Å². The first-order valence-electron chi connectivity index (χ1n) is 27.6. The molecule has 0 saturated carbocycles. The summed E-state index contributed by atoms with van der Waals surface area (Å²) in [6, 6.07) is 17.4. The highest BCUT2D eigenvalue weighted by atomic mass is 79.9. The SMILES string of the molecule is Nc1nc2c([nH]1)CC(CNC(=O)c1cc(Br)c[nH]1)C(CNC(=O)c1cc(Br)c[nH]1)C2.Nc1nc2c([nH]1)CC(CNC(=O)c1ccco1)C(CNC(=O)c1ccco1)C2.Nc1nc2c([nH]1)CC(CNC(=O)c1cccs1)C(CNC(=O)c1cccs1)C2. The fourth-order valence-corrected chi connectivity index (χ4v) is 12.9. The van der Waals surface area contributed by atoms with E-state index in [2.05, 4.69) is 104 Å². The number of nitrogens with one attached hydrogen (secondary N) is 11. The number of aromatic nitrogens is 8. The number of furan rings is 2. The first-order chi connectivity index (χ1) is 41.6. The summed E-state index contributed by atoms with van der Waals surface area (Å²) >= 11 is 9.51. The molecule has 9 heterocycles. The highest BCUT2D eigenvalue weighted by Gasteiger charge is 2.35. The highest BCUT2D eigenvalue weighted by molar-refractivity contribution is 9.10. The number of imidazole rings is 3. The Bertz CT molecular complexity index is 3350. The number of amides is 6. The number of aromatic amines is 5. The number of fused-ring (bicyclic) bond motifs is 3. The second kappa shape index (κ2) is 28.0. The Morgan fingerprint density at radius 2 is 0.791 bits per heavy atom. The monoisotopic (exact) mass is 1340 g/mol. The van der Waals surface area contributed by atoms with Crippen LogP contribution in [-0.2, 0) is 38.5 Å². The normalized spacial score (nSPS) is 18.3. The number of H-pyrrole nitrogens is 5. The number of nitrogen functional groups attached to an aromatic ring is 3. The van der Waals surface area contributed by atoms with Crippen molar-refractivity contribution in [3.8, 4) is 0 Å². The van der Waals surface area contributed by atoms with E-state index in [1.165, 1.54) is 35.2 Å². The van der Waals surface area contributed by atoms with Gasteiger partial charge in [-0.05, 0) is 165 Å². The van der Waals surface area contributed by atoms with Gasteiger partial charge in [0, 0.05) is 77.7 Å². The minimum absolute atomic E-state index is 0.0636. The molecule has 3 aliphatic carbocycles. The molecule has 12 rings (SSSR count). The molecule has 25 nitrogen and oxygen atoms in total. The zero-order valence-corrected chi connectivity index (χ0v) is 50.9. The van der Waals surface area contributed by atoms with Gasteiger partial charge < -0.3 is 82.9 Å². The Morgan fingerprint density at radius 3 is 1.08 bits per heavy atom. The van der Waals surface area contributed by atoms with E-state index in [4.69, 9.17) is 26.0 Å². The minimum atomic E-state index is -0.268. The maximum atomic E-state index is 12.4. The third-order valence-corrected chi connectivity index (χ3v) is 18.0. The number of carbonyl (C=O) groups excluding carboxylic acids is 6. The standard InChI is InChI=1S/C19H21Br2N7O2.C19H21N5O4.C19H21N5O2S2/c20-11-3-15(23-7-11)17(29)25-5-9-1-13-14(28-19(22)27-13)2-10(9)6-26-18(30)16-4-12(21)8-24-16;2*20-19-23-13-7-11(9-21-17(25)15-3-1-5-27-15)12(8-14(13)24-19)10-22-18(26)16-4-2-6-28-16/h3-4,7-10,23-24H,1-2,5-6H2,(H,25,29)(H,26,30)(H3,22,27,28);2*1-6,11-12H,7-10H2,(H,21,25)(H,22,26)(H3,20,23,24). The number of rotatable bonds is 18. The Kier molecular flexibility index (Phi) is 19.7. The first kappa shape index (κ1) is 60.5. The molecule has 0 spiro atoms. The van der Waals surface area contributed by atoms with Crippen molar-refractivity contribution in [2.45, 2.75) is 38.5 Å². The predicted octanol–water partition coefficient (Wildman–Crippen LogP) is 6.04. The van der Waals surface area contributed by atoms with E-state index in [1.54, 1.807) is 48.8 Å². The van der Waals surface area contributed by atoms with Crippen LogP contribution in [0.15, 0.2) is 114 Å². The van der Waals surface area contributed by atoms with Crippen LogP contribution in [0.5, 0.6) is 0 Å². The third kappa shape index (κ3) is 15.6. The fourth-order valence-electron chi connectivity index (χ4n) is 10.9.